The largest absolute Gasteiger partial charge is 0.358 e. The van der Waals surface area contributed by atoms with Crippen LogP contribution in [-0.4, -0.2) is 0 Å². The number of hydrogen-bond acceptors (Lipinski definition) is 0. The lowest BCUT2D eigenvalue weighted by atomic mass is 10.2. The minimum Gasteiger partial charge on any atom is -0.0761 e. The fraction of sp³-hybridized carbons (Fsp3) is 0.238. The average molecular weight is 526 g/mol. The summed E-state index contributed by atoms with van der Waals surface area (Å²) >= 11 is 0.0105. The highest BCUT2D eigenvalue weighted by atomic mass is 127. The zero-order chi connectivity index (χ0) is 15.8. The molecule has 2 aromatic carbocycles. The van der Waals surface area contributed by atoms with Gasteiger partial charge in [-0.25, -0.2) is 0 Å². The minimum absolute atomic E-state index is 0.00525. The predicted molar refractivity (Wildman–Crippen MR) is 87.5 cm³/mol. The van der Waals surface area contributed by atoms with Gasteiger partial charge in [-0.15, -0.1) is 0 Å². The van der Waals surface area contributed by atoms with Gasteiger partial charge in [-0.3, -0.25) is 0 Å². The van der Waals surface area contributed by atoms with E-state index < -0.39 is 0 Å². The zero-order valence-corrected chi connectivity index (χ0v) is 17.7. The quantitative estimate of drug-likeness (QED) is 0.353. The Kier molecular flexibility index (Phi) is 4.63. The van der Waals surface area contributed by atoms with E-state index in [1.54, 1.807) is 7.14 Å². The summed E-state index contributed by atoms with van der Waals surface area (Å²) in [5.74, 6) is 1.52. The maximum atomic E-state index is 2.48. The summed E-state index contributed by atoms with van der Waals surface area (Å²) < 4.78 is 6.84. The van der Waals surface area contributed by atoms with Crippen molar-refractivity contribution in [3.05, 3.63) is 86.1 Å². The second-order valence-electron chi connectivity index (χ2n) is 6.31. The van der Waals surface area contributed by atoms with Gasteiger partial charge >= 0.3 is 42.4 Å². The lowest BCUT2D eigenvalue weighted by Gasteiger charge is -1.98. The van der Waals surface area contributed by atoms with Gasteiger partial charge in [-0.05, 0) is 44.5 Å². The van der Waals surface area contributed by atoms with Gasteiger partial charge in [0, 0.05) is 0 Å². The maximum absolute atomic E-state index is 2.48. The van der Waals surface area contributed by atoms with Crippen LogP contribution < -0.4 is 42.4 Å². The molecule has 2 bridgehead atoms. The highest BCUT2D eigenvalue weighted by Crippen LogP contribution is 2.36. The molecule has 0 saturated carbocycles. The molecule has 2 aliphatic carbocycles. The molecule has 2 unspecified atom stereocenters. The molecule has 0 saturated heterocycles. The molecule has 0 amide bonds. The molecule has 2 heteroatoms. The van der Waals surface area contributed by atoms with Gasteiger partial charge in [-0.1, -0.05) is 47.5 Å². The van der Waals surface area contributed by atoms with Gasteiger partial charge in [0.2, 0.25) is 7.16 Å². The Labute approximate surface area is 159 Å². The molecule has 2 aromatic rings. The Morgan fingerprint density at radius 3 is 1.43 bits per heavy atom. The molecule has 0 N–H and O–H groups in total. The van der Waals surface area contributed by atoms with Crippen LogP contribution in [0.25, 0.3) is 0 Å². The highest BCUT2D eigenvalue weighted by molar-refractivity contribution is 5.29. The van der Waals surface area contributed by atoms with E-state index >= 15 is 0 Å². The molecule has 23 heavy (non-hydrogen) atoms. The van der Waals surface area contributed by atoms with Gasteiger partial charge in [0.05, 0.1) is 11.8 Å². The number of benzene rings is 2. The first-order valence-electron chi connectivity index (χ1n) is 8.04. The van der Waals surface area contributed by atoms with Crippen molar-refractivity contribution >= 4 is 0 Å². The molecule has 0 radical (unpaired) electrons. The molecule has 2 atom stereocenters. The first-order valence-corrected chi connectivity index (χ1v) is 12.4. The van der Waals surface area contributed by atoms with E-state index in [0.717, 1.165) is 11.8 Å². The van der Waals surface area contributed by atoms with Gasteiger partial charge in [0.1, 0.15) is 0 Å². The maximum Gasteiger partial charge on any atom is 0.358 e. The van der Waals surface area contributed by atoms with Crippen LogP contribution in [-0.2, 0) is 0 Å². The number of fused-ring (bicyclic) bond motifs is 2. The van der Waals surface area contributed by atoms with Crippen LogP contribution in [0.3, 0.4) is 0 Å². The van der Waals surface area contributed by atoms with E-state index in [2.05, 4.69) is 74.5 Å². The first kappa shape index (κ1) is 15.9. The third-order valence-corrected chi connectivity index (χ3v) is 12.0. The average Bonchev–Trinajstić information content (AvgIpc) is 3.14. The van der Waals surface area contributed by atoms with Gasteiger partial charge in [0.15, 0.2) is 7.14 Å². The van der Waals surface area contributed by atoms with Crippen molar-refractivity contribution in [2.75, 3.05) is 0 Å². The van der Waals surface area contributed by atoms with Crippen molar-refractivity contribution in [1.82, 2.24) is 0 Å². The van der Waals surface area contributed by atoms with Crippen molar-refractivity contribution in [3.63, 3.8) is 0 Å². The van der Waals surface area contributed by atoms with Crippen molar-refractivity contribution in [2.45, 2.75) is 20.3 Å². The predicted octanol–water partition coefficient (Wildman–Crippen LogP) is -1.06. The van der Waals surface area contributed by atoms with Crippen molar-refractivity contribution in [2.24, 2.45) is 11.8 Å². The highest BCUT2D eigenvalue weighted by Gasteiger charge is 2.50. The first-order chi connectivity index (χ1) is 11.2. The van der Waals surface area contributed by atoms with Crippen LogP contribution in [0.2, 0.25) is 0 Å². The Balaban J connectivity index is 1.61. The third kappa shape index (κ3) is 3.43. The van der Waals surface area contributed by atoms with Crippen LogP contribution >= 0.6 is 0 Å². The minimum atomic E-state index is 0.00525. The Morgan fingerprint density at radius 2 is 1.04 bits per heavy atom. The number of halogens is 2. The van der Waals surface area contributed by atoms with Crippen molar-refractivity contribution in [3.8, 4) is 0 Å². The van der Waals surface area contributed by atoms with Gasteiger partial charge in [0.25, 0.3) is 0 Å². The summed E-state index contributed by atoms with van der Waals surface area (Å²) in [4.78, 5) is 0. The topological polar surface area (TPSA) is 0 Å². The summed E-state index contributed by atoms with van der Waals surface area (Å²) in [5.41, 5.74) is 2.73. The lowest BCUT2D eigenvalue weighted by Crippen LogP contribution is -3.66. The summed E-state index contributed by atoms with van der Waals surface area (Å²) in [7, 11) is 0. The van der Waals surface area contributed by atoms with E-state index in [4.69, 9.17) is 0 Å². The van der Waals surface area contributed by atoms with Crippen LogP contribution in [0.15, 0.2) is 67.8 Å². The standard InChI is InChI=1S/C21H20I2/c1-14-3-9-18(10-4-14)22-20-16-7-8-17(13-16)21(20)23-19-11-5-15(2)6-12-19/h3-12,16-17H,13H2,1-2H3/q+2. The van der Waals surface area contributed by atoms with Crippen molar-refractivity contribution < 1.29 is 42.4 Å². The summed E-state index contributed by atoms with van der Waals surface area (Å²) in [6.45, 7) is 4.35. The molecule has 116 valence electrons. The van der Waals surface area contributed by atoms with Crippen molar-refractivity contribution in [1.29, 1.82) is 0 Å². The smallest absolute Gasteiger partial charge is 0.0761 e. The Morgan fingerprint density at radius 1 is 0.652 bits per heavy atom. The Bertz CT molecular complexity index is 701. The van der Waals surface area contributed by atoms with Gasteiger partial charge in [-0.2, -0.15) is 0 Å². The fourth-order valence-corrected chi connectivity index (χ4v) is 10.3. The number of hydrogen-bond donors (Lipinski definition) is 0. The second-order valence-corrected chi connectivity index (χ2v) is 12.2. The number of aryl methyl sites for hydroxylation is 2. The molecule has 2 aliphatic rings. The van der Waals surface area contributed by atoms with Crippen LogP contribution in [0.4, 0.5) is 0 Å². The molecular weight excluding hydrogens is 506 g/mol. The molecule has 4 rings (SSSR count). The molecule has 0 aliphatic heterocycles. The van der Waals surface area contributed by atoms with Crippen LogP contribution in [0.5, 0.6) is 0 Å². The summed E-state index contributed by atoms with van der Waals surface area (Å²) in [5, 5.41) is 0. The summed E-state index contributed by atoms with van der Waals surface area (Å²) in [6, 6.07) is 18.5. The number of rotatable bonds is 4. The lowest BCUT2D eigenvalue weighted by molar-refractivity contribution is -0.622. The number of allylic oxidation sites excluding steroid dienone is 4. The summed E-state index contributed by atoms with van der Waals surface area (Å²) in [6.07, 6.45) is 6.33. The zero-order valence-electron chi connectivity index (χ0n) is 13.4. The molecular formula is C21H20I2+2. The fourth-order valence-electron chi connectivity index (χ4n) is 3.09. The molecule has 0 heterocycles. The van der Waals surface area contributed by atoms with E-state index in [0.29, 0.717) is 0 Å². The molecule has 0 fully saturated rings. The molecule has 0 aromatic heterocycles. The van der Waals surface area contributed by atoms with Crippen LogP contribution in [0.1, 0.15) is 17.5 Å². The monoisotopic (exact) mass is 526 g/mol. The molecule has 0 spiro atoms. The second kappa shape index (κ2) is 6.71. The van der Waals surface area contributed by atoms with E-state index in [1.807, 2.05) is 7.16 Å². The van der Waals surface area contributed by atoms with E-state index in [9.17, 15) is 0 Å². The third-order valence-electron chi connectivity index (χ3n) is 4.41. The van der Waals surface area contributed by atoms with Gasteiger partial charge < -0.3 is 0 Å². The Hall–Kier alpha value is -0.620. The van der Waals surface area contributed by atoms with E-state index in [-0.39, 0.29) is 42.4 Å². The molecule has 0 nitrogen and oxygen atoms in total. The normalized spacial score (nSPS) is 22.2. The van der Waals surface area contributed by atoms with Crippen LogP contribution in [0, 0.1) is 32.8 Å². The SMILES string of the molecule is Cc1ccc([I+]C2=C([I+]c3ccc(C)cc3)C3C=CC2C3)cc1. The van der Waals surface area contributed by atoms with E-state index in [1.165, 1.54) is 17.5 Å².